The van der Waals surface area contributed by atoms with Crippen LogP contribution in [0.5, 0.6) is 0 Å². The van der Waals surface area contributed by atoms with Crippen molar-refractivity contribution in [3.8, 4) is 0 Å². The van der Waals surface area contributed by atoms with Crippen molar-refractivity contribution < 1.29 is 13.2 Å². The third kappa shape index (κ3) is 2.77. The maximum Gasteiger partial charge on any atom is 0.161 e. The Balaban J connectivity index is 1.65. The maximum atomic E-state index is 14.6. The van der Waals surface area contributed by atoms with E-state index in [-0.39, 0.29) is 17.8 Å². The first-order valence-corrected chi connectivity index (χ1v) is 9.69. The van der Waals surface area contributed by atoms with E-state index in [0.717, 1.165) is 48.2 Å². The van der Waals surface area contributed by atoms with Crippen molar-refractivity contribution in [2.75, 3.05) is 11.4 Å². The van der Waals surface area contributed by atoms with Crippen LogP contribution in [-0.4, -0.2) is 26.0 Å². The zero-order chi connectivity index (χ0) is 20.3. The quantitative estimate of drug-likeness (QED) is 0.597. The van der Waals surface area contributed by atoms with Crippen LogP contribution in [-0.2, 0) is 0 Å². The van der Waals surface area contributed by atoms with E-state index in [1.807, 2.05) is 42.8 Å². The Labute approximate surface area is 166 Å². The Morgan fingerprint density at radius 1 is 1.03 bits per heavy atom. The van der Waals surface area contributed by atoms with Gasteiger partial charge in [-0.3, -0.25) is 4.40 Å². The number of hydrogen-bond acceptors (Lipinski definition) is 4. The highest BCUT2D eigenvalue weighted by Gasteiger charge is 2.38. The molecule has 8 heteroatoms. The molecule has 5 rings (SSSR count). The molecule has 1 fully saturated rings. The maximum absolute atomic E-state index is 14.6. The van der Waals surface area contributed by atoms with E-state index < -0.39 is 17.5 Å². The van der Waals surface area contributed by atoms with Crippen molar-refractivity contribution in [2.24, 2.45) is 0 Å². The van der Waals surface area contributed by atoms with Gasteiger partial charge in [0.05, 0.1) is 5.69 Å². The van der Waals surface area contributed by atoms with Crippen molar-refractivity contribution in [3.63, 3.8) is 0 Å². The molecule has 29 heavy (non-hydrogen) atoms. The van der Waals surface area contributed by atoms with Crippen LogP contribution in [0.2, 0.25) is 0 Å². The van der Waals surface area contributed by atoms with E-state index in [2.05, 4.69) is 15.1 Å². The van der Waals surface area contributed by atoms with Gasteiger partial charge in [-0.05, 0) is 25.0 Å². The zero-order valence-electron chi connectivity index (χ0n) is 16.1. The molecule has 2 aromatic heterocycles. The second-order valence-corrected chi connectivity index (χ2v) is 7.82. The SMILES string of the molecule is CC(C)c1nnc2ccc(C3N4CCCC4=CN3c3cc(F)c(F)cc3F)cn12. The minimum absolute atomic E-state index is 0.0173. The molecule has 2 aliphatic heterocycles. The molecule has 0 saturated carbocycles. The number of anilines is 1. The molecule has 150 valence electrons. The Bertz CT molecular complexity index is 1140. The predicted octanol–water partition coefficient (Wildman–Crippen LogP) is 4.73. The Morgan fingerprint density at radius 3 is 2.62 bits per heavy atom. The van der Waals surface area contributed by atoms with Gasteiger partial charge < -0.3 is 9.80 Å². The van der Waals surface area contributed by atoms with Gasteiger partial charge in [0.2, 0.25) is 0 Å². The number of nitrogens with zero attached hydrogens (tertiary/aromatic N) is 5. The minimum Gasteiger partial charge on any atom is -0.349 e. The second kappa shape index (κ2) is 6.50. The van der Waals surface area contributed by atoms with E-state index in [0.29, 0.717) is 6.07 Å². The summed E-state index contributed by atoms with van der Waals surface area (Å²) in [5.41, 5.74) is 2.71. The summed E-state index contributed by atoms with van der Waals surface area (Å²) in [5.74, 6) is -2.03. The summed E-state index contributed by atoms with van der Waals surface area (Å²) in [7, 11) is 0. The molecule has 5 nitrogen and oxygen atoms in total. The van der Waals surface area contributed by atoms with E-state index in [1.165, 1.54) is 0 Å². The average molecular weight is 399 g/mol. The summed E-state index contributed by atoms with van der Waals surface area (Å²) in [6.07, 6.45) is 5.31. The van der Waals surface area contributed by atoms with Crippen molar-refractivity contribution in [2.45, 2.75) is 38.8 Å². The zero-order valence-corrected chi connectivity index (χ0v) is 16.1. The standard InChI is InChI=1S/C21H20F3N5/c1-12(2)20-26-25-19-6-5-13(10-29(19)20)21-27-7-3-4-14(27)11-28(21)18-9-16(23)15(22)8-17(18)24/h5-6,8-12,21H,3-4,7H2,1-2H3. The van der Waals surface area contributed by atoms with Crippen LogP contribution in [0.25, 0.3) is 5.65 Å². The van der Waals surface area contributed by atoms with Crippen molar-refractivity contribution in [1.29, 1.82) is 0 Å². The number of fused-ring (bicyclic) bond motifs is 2. The summed E-state index contributed by atoms with van der Waals surface area (Å²) < 4.78 is 43.9. The van der Waals surface area contributed by atoms with Gasteiger partial charge in [0.15, 0.2) is 17.3 Å². The van der Waals surface area contributed by atoms with Gasteiger partial charge in [0, 0.05) is 48.3 Å². The number of rotatable bonds is 3. The monoisotopic (exact) mass is 399 g/mol. The molecule has 0 spiro atoms. The van der Waals surface area contributed by atoms with Crippen LogP contribution in [0, 0.1) is 17.5 Å². The highest BCUT2D eigenvalue weighted by molar-refractivity contribution is 5.56. The number of benzene rings is 1. The first kappa shape index (κ1) is 18.0. The Kier molecular flexibility index (Phi) is 4.04. The third-order valence-electron chi connectivity index (χ3n) is 5.58. The molecule has 3 aromatic rings. The van der Waals surface area contributed by atoms with Crippen molar-refractivity contribution >= 4 is 11.3 Å². The largest absolute Gasteiger partial charge is 0.349 e. The van der Waals surface area contributed by atoms with Crippen LogP contribution in [0.1, 0.15) is 50.2 Å². The summed E-state index contributed by atoms with van der Waals surface area (Å²) >= 11 is 0. The number of hydrogen-bond donors (Lipinski definition) is 0. The van der Waals surface area contributed by atoms with Gasteiger partial charge in [-0.15, -0.1) is 10.2 Å². The van der Waals surface area contributed by atoms with Crippen LogP contribution in [0.15, 0.2) is 42.4 Å². The van der Waals surface area contributed by atoms with E-state index in [1.54, 1.807) is 4.90 Å². The molecule has 0 N–H and O–H groups in total. The van der Waals surface area contributed by atoms with Gasteiger partial charge in [0.1, 0.15) is 17.8 Å². The van der Waals surface area contributed by atoms with Gasteiger partial charge >= 0.3 is 0 Å². The van der Waals surface area contributed by atoms with Gasteiger partial charge in [-0.2, -0.15) is 0 Å². The lowest BCUT2D eigenvalue weighted by molar-refractivity contribution is 0.316. The lowest BCUT2D eigenvalue weighted by Crippen LogP contribution is -2.31. The van der Waals surface area contributed by atoms with Crippen molar-refractivity contribution in [1.82, 2.24) is 19.5 Å². The van der Waals surface area contributed by atoms with Crippen molar-refractivity contribution in [3.05, 3.63) is 71.2 Å². The lowest BCUT2D eigenvalue weighted by atomic mass is 10.1. The van der Waals surface area contributed by atoms with Crippen LogP contribution in [0.4, 0.5) is 18.9 Å². The number of halogens is 3. The van der Waals surface area contributed by atoms with E-state index in [9.17, 15) is 13.2 Å². The summed E-state index contributed by atoms with van der Waals surface area (Å²) in [5, 5.41) is 8.47. The molecule has 0 amide bonds. The molecule has 1 unspecified atom stereocenters. The fraction of sp³-hybridized carbons (Fsp3) is 0.333. The molecule has 1 saturated heterocycles. The fourth-order valence-electron chi connectivity index (χ4n) is 4.24. The highest BCUT2D eigenvalue weighted by atomic mass is 19.2. The summed E-state index contributed by atoms with van der Waals surface area (Å²) in [6.45, 7) is 4.90. The second-order valence-electron chi connectivity index (χ2n) is 7.82. The van der Waals surface area contributed by atoms with Gasteiger partial charge in [-0.25, -0.2) is 13.2 Å². The summed E-state index contributed by atoms with van der Waals surface area (Å²) in [6, 6.07) is 5.33. The van der Waals surface area contributed by atoms with Gasteiger partial charge in [0.25, 0.3) is 0 Å². The highest BCUT2D eigenvalue weighted by Crippen LogP contribution is 2.44. The summed E-state index contributed by atoms with van der Waals surface area (Å²) in [4.78, 5) is 3.87. The van der Waals surface area contributed by atoms with Crippen LogP contribution >= 0.6 is 0 Å². The predicted molar refractivity (Wildman–Crippen MR) is 103 cm³/mol. The van der Waals surface area contributed by atoms with Crippen LogP contribution < -0.4 is 4.90 Å². The molecule has 1 aromatic carbocycles. The molecule has 4 heterocycles. The molecule has 0 aliphatic carbocycles. The van der Waals surface area contributed by atoms with Gasteiger partial charge in [-0.1, -0.05) is 13.8 Å². The third-order valence-corrected chi connectivity index (χ3v) is 5.58. The average Bonchev–Trinajstić information content (AvgIpc) is 3.37. The smallest absolute Gasteiger partial charge is 0.161 e. The molecule has 1 atom stereocenters. The lowest BCUT2D eigenvalue weighted by Gasteiger charge is -2.32. The molecular weight excluding hydrogens is 379 g/mol. The Morgan fingerprint density at radius 2 is 1.83 bits per heavy atom. The minimum atomic E-state index is -1.19. The first-order chi connectivity index (χ1) is 13.9. The first-order valence-electron chi connectivity index (χ1n) is 9.69. The van der Waals surface area contributed by atoms with E-state index in [4.69, 9.17) is 0 Å². The van der Waals surface area contributed by atoms with Crippen LogP contribution in [0.3, 0.4) is 0 Å². The number of allylic oxidation sites excluding steroid dienone is 1. The molecule has 0 radical (unpaired) electrons. The normalized spacial score (nSPS) is 18.8. The fourth-order valence-corrected chi connectivity index (χ4v) is 4.24. The topological polar surface area (TPSA) is 36.7 Å². The Hall–Kier alpha value is -3.03. The molecule has 0 bridgehead atoms. The molecular formula is C21H20F3N5. The molecule has 2 aliphatic rings. The van der Waals surface area contributed by atoms with E-state index >= 15 is 0 Å². The number of pyridine rings is 1. The number of aromatic nitrogens is 3.